The van der Waals surface area contributed by atoms with Crippen molar-refractivity contribution in [1.82, 2.24) is 10.2 Å². The van der Waals surface area contributed by atoms with Crippen molar-refractivity contribution in [1.29, 1.82) is 0 Å². The number of phenolic OH excluding ortho intramolecular Hbond substituents is 1. The zero-order valence-corrected chi connectivity index (χ0v) is 12.3. The van der Waals surface area contributed by atoms with Crippen LogP contribution in [0.1, 0.15) is 18.4 Å². The summed E-state index contributed by atoms with van der Waals surface area (Å²) in [7, 11) is 1.58. The molecule has 0 spiro atoms. The number of likely N-dealkylation sites (tertiary alicyclic amines) is 1. The quantitative estimate of drug-likeness (QED) is 0.708. The summed E-state index contributed by atoms with van der Waals surface area (Å²) in [5.74, 6) is 0.619. The molecule has 1 aliphatic heterocycles. The normalized spacial score (nSPS) is 16.8. The third-order valence-electron chi connectivity index (χ3n) is 3.84. The Labute approximate surface area is 124 Å². The van der Waals surface area contributed by atoms with Gasteiger partial charge in [-0.05, 0) is 18.9 Å². The minimum Gasteiger partial charge on any atom is -0.507 e. The molecule has 1 aromatic rings. The van der Waals surface area contributed by atoms with Crippen molar-refractivity contribution in [3.05, 3.63) is 23.8 Å². The molecule has 2 rings (SSSR count). The van der Waals surface area contributed by atoms with E-state index in [0.29, 0.717) is 24.9 Å². The van der Waals surface area contributed by atoms with Gasteiger partial charge in [-0.3, -0.25) is 9.69 Å². The van der Waals surface area contributed by atoms with E-state index in [1.807, 2.05) is 12.1 Å². The fourth-order valence-corrected chi connectivity index (χ4v) is 2.59. The highest BCUT2D eigenvalue weighted by molar-refractivity contribution is 5.75. The first-order valence-electron chi connectivity index (χ1n) is 7.18. The van der Waals surface area contributed by atoms with Crippen molar-refractivity contribution in [2.45, 2.75) is 25.4 Å². The maximum Gasteiger partial charge on any atom is 0.231 e. The molecule has 1 amide bonds. The van der Waals surface area contributed by atoms with Crippen LogP contribution in [-0.4, -0.2) is 48.7 Å². The number of nitrogens with one attached hydrogen (secondary N) is 1. The zero-order chi connectivity index (χ0) is 15.2. The van der Waals surface area contributed by atoms with Crippen LogP contribution in [0.25, 0.3) is 0 Å². The molecule has 1 heterocycles. The lowest BCUT2D eigenvalue weighted by molar-refractivity contribution is -0.119. The molecule has 6 nitrogen and oxygen atoms in total. The summed E-state index contributed by atoms with van der Waals surface area (Å²) in [6, 6.07) is 5.72. The number of amides is 1. The van der Waals surface area contributed by atoms with Crippen molar-refractivity contribution in [3.8, 4) is 11.5 Å². The van der Waals surface area contributed by atoms with Gasteiger partial charge in [0.25, 0.3) is 0 Å². The van der Waals surface area contributed by atoms with Crippen LogP contribution in [0.2, 0.25) is 0 Å². The van der Waals surface area contributed by atoms with Gasteiger partial charge >= 0.3 is 0 Å². The predicted octanol–water partition coefficient (Wildman–Crippen LogP) is 0.440. The van der Waals surface area contributed by atoms with E-state index in [1.54, 1.807) is 13.2 Å². The van der Waals surface area contributed by atoms with Crippen LogP contribution < -0.4 is 15.8 Å². The number of hydrogen-bond acceptors (Lipinski definition) is 5. The number of methoxy groups -OCH3 is 1. The fraction of sp³-hybridized carbons (Fsp3) is 0.533. The van der Waals surface area contributed by atoms with E-state index in [9.17, 15) is 9.90 Å². The van der Waals surface area contributed by atoms with E-state index in [0.717, 1.165) is 31.5 Å². The number of primary amides is 1. The number of phenols is 1. The van der Waals surface area contributed by atoms with Gasteiger partial charge in [0.05, 0.1) is 13.7 Å². The Kier molecular flexibility index (Phi) is 5.41. The Hall–Kier alpha value is -1.79. The Balaban J connectivity index is 1.78. The van der Waals surface area contributed by atoms with Gasteiger partial charge in [-0.2, -0.15) is 0 Å². The van der Waals surface area contributed by atoms with Gasteiger partial charge in [-0.15, -0.1) is 0 Å². The van der Waals surface area contributed by atoms with E-state index in [-0.39, 0.29) is 11.7 Å². The van der Waals surface area contributed by atoms with Gasteiger partial charge in [0.1, 0.15) is 11.5 Å². The van der Waals surface area contributed by atoms with Gasteiger partial charge < -0.3 is 20.9 Å². The van der Waals surface area contributed by atoms with E-state index in [4.69, 9.17) is 10.5 Å². The number of hydrogen-bond donors (Lipinski definition) is 3. The second kappa shape index (κ2) is 7.28. The summed E-state index contributed by atoms with van der Waals surface area (Å²) < 4.78 is 5.06. The lowest BCUT2D eigenvalue weighted by Gasteiger charge is -2.31. The van der Waals surface area contributed by atoms with Crippen LogP contribution in [0.5, 0.6) is 11.5 Å². The second-order valence-electron chi connectivity index (χ2n) is 5.39. The first-order valence-corrected chi connectivity index (χ1v) is 7.18. The van der Waals surface area contributed by atoms with E-state index < -0.39 is 0 Å². The molecular weight excluding hydrogens is 270 g/mol. The first kappa shape index (κ1) is 15.6. The van der Waals surface area contributed by atoms with Crippen molar-refractivity contribution in [2.24, 2.45) is 5.73 Å². The third-order valence-corrected chi connectivity index (χ3v) is 3.84. The van der Waals surface area contributed by atoms with Crippen molar-refractivity contribution >= 4 is 5.91 Å². The van der Waals surface area contributed by atoms with Gasteiger partial charge in [-0.1, -0.05) is 6.07 Å². The van der Waals surface area contributed by atoms with E-state index in [2.05, 4.69) is 10.2 Å². The van der Waals surface area contributed by atoms with Gasteiger partial charge in [0.2, 0.25) is 5.91 Å². The van der Waals surface area contributed by atoms with Gasteiger partial charge in [-0.25, -0.2) is 0 Å². The van der Waals surface area contributed by atoms with Crippen LogP contribution in [-0.2, 0) is 11.3 Å². The molecule has 0 saturated carbocycles. The molecule has 0 unspecified atom stereocenters. The number of rotatable bonds is 6. The molecule has 116 valence electrons. The molecule has 0 atom stereocenters. The predicted molar refractivity (Wildman–Crippen MR) is 80.2 cm³/mol. The zero-order valence-electron chi connectivity index (χ0n) is 12.3. The van der Waals surface area contributed by atoms with Gasteiger partial charge in [0, 0.05) is 37.3 Å². The number of carbonyl (C=O) groups excluding carboxylic acids is 1. The molecule has 1 aliphatic rings. The first-order chi connectivity index (χ1) is 10.1. The molecule has 1 fully saturated rings. The largest absolute Gasteiger partial charge is 0.507 e. The third kappa shape index (κ3) is 4.61. The highest BCUT2D eigenvalue weighted by Gasteiger charge is 2.19. The smallest absolute Gasteiger partial charge is 0.231 e. The molecule has 0 bridgehead atoms. The maximum atomic E-state index is 10.9. The van der Waals surface area contributed by atoms with Crippen LogP contribution in [0.3, 0.4) is 0 Å². The molecule has 4 N–H and O–H groups in total. The summed E-state index contributed by atoms with van der Waals surface area (Å²) in [6.07, 6.45) is 1.95. The highest BCUT2D eigenvalue weighted by atomic mass is 16.5. The van der Waals surface area contributed by atoms with E-state index in [1.165, 1.54) is 0 Å². The Morgan fingerprint density at radius 2 is 2.19 bits per heavy atom. The van der Waals surface area contributed by atoms with Gasteiger partial charge in [0.15, 0.2) is 0 Å². The second-order valence-corrected chi connectivity index (χ2v) is 5.39. The number of piperidine rings is 1. The minimum atomic E-state index is -0.274. The molecule has 0 radical (unpaired) electrons. The molecular formula is C15H23N3O3. The topological polar surface area (TPSA) is 87.8 Å². The van der Waals surface area contributed by atoms with Crippen molar-refractivity contribution in [3.63, 3.8) is 0 Å². The molecule has 1 saturated heterocycles. The average Bonchev–Trinajstić information content (AvgIpc) is 2.47. The Bertz CT molecular complexity index is 485. The molecule has 0 aliphatic carbocycles. The number of ether oxygens (including phenoxy) is 1. The lowest BCUT2D eigenvalue weighted by atomic mass is 10.0. The van der Waals surface area contributed by atoms with Crippen LogP contribution in [0.15, 0.2) is 18.2 Å². The number of benzene rings is 1. The van der Waals surface area contributed by atoms with Crippen molar-refractivity contribution in [2.75, 3.05) is 26.7 Å². The van der Waals surface area contributed by atoms with Crippen LogP contribution in [0, 0.1) is 0 Å². The summed E-state index contributed by atoms with van der Waals surface area (Å²) >= 11 is 0. The SMILES string of the molecule is COc1ccc(CNC2CCN(CC(N)=O)CC2)c(O)c1. The number of nitrogens with zero attached hydrogens (tertiary/aromatic N) is 1. The Morgan fingerprint density at radius 1 is 1.48 bits per heavy atom. The number of nitrogens with two attached hydrogens (primary N) is 1. The minimum absolute atomic E-state index is 0.244. The average molecular weight is 293 g/mol. The monoisotopic (exact) mass is 293 g/mol. The summed E-state index contributed by atoms with van der Waals surface area (Å²) in [6.45, 7) is 2.70. The molecule has 6 heteroatoms. The molecule has 1 aromatic carbocycles. The standard InChI is InChI=1S/C15H23N3O3/c1-21-13-3-2-11(14(19)8-13)9-17-12-4-6-18(7-5-12)10-15(16)20/h2-3,8,12,17,19H,4-7,9-10H2,1H3,(H2,16,20). The number of carbonyl (C=O) groups is 1. The maximum absolute atomic E-state index is 10.9. The van der Waals surface area contributed by atoms with E-state index >= 15 is 0 Å². The Morgan fingerprint density at radius 3 is 2.76 bits per heavy atom. The summed E-state index contributed by atoms with van der Waals surface area (Å²) in [4.78, 5) is 13.0. The summed E-state index contributed by atoms with van der Waals surface area (Å²) in [5.41, 5.74) is 6.06. The fourth-order valence-electron chi connectivity index (χ4n) is 2.59. The van der Waals surface area contributed by atoms with Crippen LogP contribution >= 0.6 is 0 Å². The number of aromatic hydroxyl groups is 1. The highest BCUT2D eigenvalue weighted by Crippen LogP contribution is 2.23. The lowest BCUT2D eigenvalue weighted by Crippen LogP contribution is -2.45. The summed E-state index contributed by atoms with van der Waals surface area (Å²) in [5, 5.41) is 13.4. The van der Waals surface area contributed by atoms with Crippen molar-refractivity contribution < 1.29 is 14.6 Å². The molecule has 0 aromatic heterocycles. The molecule has 21 heavy (non-hydrogen) atoms. The van der Waals surface area contributed by atoms with Crippen LogP contribution in [0.4, 0.5) is 0 Å².